The van der Waals surface area contributed by atoms with Gasteiger partial charge in [-0.05, 0) is 97.8 Å². The van der Waals surface area contributed by atoms with Crippen molar-refractivity contribution in [1.29, 1.82) is 5.26 Å². The zero-order chi connectivity index (χ0) is 27.8. The molecule has 3 aromatic carbocycles. The Kier molecular flexibility index (Phi) is 7.57. The number of aryl methyl sites for hydroxylation is 3. The molecule has 0 fully saturated rings. The predicted molar refractivity (Wildman–Crippen MR) is 156 cm³/mol. The highest BCUT2D eigenvalue weighted by Crippen LogP contribution is 2.47. The molecule has 2 aliphatic rings. The van der Waals surface area contributed by atoms with Gasteiger partial charge < -0.3 is 5.73 Å². The molecule has 198 valence electrons. The van der Waals surface area contributed by atoms with Crippen molar-refractivity contribution in [2.45, 2.75) is 56.6 Å². The maximum atomic E-state index is 13.6. The number of nitriles is 1. The number of halogens is 2. The molecule has 5 rings (SSSR count). The number of nitrogens with zero attached hydrogens (tertiary/aromatic N) is 2. The second-order valence-corrected chi connectivity index (χ2v) is 11.6. The van der Waals surface area contributed by atoms with Crippen LogP contribution in [0.1, 0.15) is 53.0 Å². The molecule has 0 spiro atoms. The molecular weight excluding hydrogens is 529 g/mol. The molecule has 0 saturated heterocycles. The third kappa shape index (κ3) is 5.09. The lowest BCUT2D eigenvalue weighted by Crippen LogP contribution is -2.39. The van der Waals surface area contributed by atoms with Gasteiger partial charge in [-0.15, -0.1) is 11.8 Å². The summed E-state index contributed by atoms with van der Waals surface area (Å²) in [5.41, 5.74) is 14.4. The maximum Gasteiger partial charge on any atom is 0.161 e. The summed E-state index contributed by atoms with van der Waals surface area (Å²) in [5.74, 6) is 0.254. The van der Waals surface area contributed by atoms with Crippen molar-refractivity contribution < 1.29 is 9.18 Å². The molecule has 0 amide bonds. The van der Waals surface area contributed by atoms with Crippen molar-refractivity contribution in [2.24, 2.45) is 5.73 Å². The zero-order valence-electron chi connectivity index (χ0n) is 22.1. The molecule has 7 heteroatoms. The highest BCUT2D eigenvalue weighted by atomic mass is 35.5. The van der Waals surface area contributed by atoms with Gasteiger partial charge in [0, 0.05) is 39.0 Å². The van der Waals surface area contributed by atoms with E-state index in [4.69, 9.17) is 17.3 Å². The summed E-state index contributed by atoms with van der Waals surface area (Å²) in [6.45, 7) is 6.01. The Balaban J connectivity index is 1.62. The Bertz CT molecular complexity index is 1590. The Labute approximate surface area is 238 Å². The zero-order valence-corrected chi connectivity index (χ0v) is 23.7. The fourth-order valence-electron chi connectivity index (χ4n) is 5.49. The summed E-state index contributed by atoms with van der Waals surface area (Å²) in [6.07, 6.45) is 1.84. The van der Waals surface area contributed by atoms with Crippen LogP contribution in [0, 0.1) is 37.9 Å². The van der Waals surface area contributed by atoms with Crippen molar-refractivity contribution in [3.8, 4) is 6.07 Å². The van der Waals surface area contributed by atoms with Gasteiger partial charge in [-0.1, -0.05) is 29.8 Å². The van der Waals surface area contributed by atoms with E-state index in [1.165, 1.54) is 12.1 Å². The number of ketones is 1. The third-order valence-electron chi connectivity index (χ3n) is 7.57. The molecule has 4 nitrogen and oxygen atoms in total. The van der Waals surface area contributed by atoms with E-state index in [1.54, 1.807) is 23.9 Å². The third-order valence-corrected chi connectivity index (χ3v) is 9.04. The predicted octanol–water partition coefficient (Wildman–Crippen LogP) is 8.00. The van der Waals surface area contributed by atoms with Gasteiger partial charge >= 0.3 is 0 Å². The number of nitrogens with two attached hydrogens (primary N) is 1. The summed E-state index contributed by atoms with van der Waals surface area (Å²) in [5, 5.41) is 11.0. The van der Waals surface area contributed by atoms with Gasteiger partial charge in [0.15, 0.2) is 5.78 Å². The lowest BCUT2D eigenvalue weighted by molar-refractivity contribution is -0.116. The van der Waals surface area contributed by atoms with Crippen LogP contribution in [0.3, 0.4) is 0 Å². The molecule has 0 bridgehead atoms. The van der Waals surface area contributed by atoms with Crippen LogP contribution in [0.5, 0.6) is 0 Å². The van der Waals surface area contributed by atoms with Gasteiger partial charge in [0.05, 0.1) is 17.6 Å². The van der Waals surface area contributed by atoms with Crippen molar-refractivity contribution in [1.82, 2.24) is 0 Å². The number of Topliss-reactive ketones (excluding diaryl/α,β-unsaturated/α-hetero) is 1. The Morgan fingerprint density at radius 2 is 1.79 bits per heavy atom. The van der Waals surface area contributed by atoms with E-state index >= 15 is 0 Å². The summed E-state index contributed by atoms with van der Waals surface area (Å²) < 4.78 is 13.4. The van der Waals surface area contributed by atoms with Crippen LogP contribution in [0.2, 0.25) is 5.02 Å². The Morgan fingerprint density at radius 1 is 1.05 bits per heavy atom. The van der Waals surface area contributed by atoms with Crippen molar-refractivity contribution >= 4 is 34.8 Å². The first-order chi connectivity index (χ1) is 18.7. The summed E-state index contributed by atoms with van der Waals surface area (Å²) >= 11 is 8.08. The quantitative estimate of drug-likeness (QED) is 0.322. The van der Waals surface area contributed by atoms with E-state index in [-0.39, 0.29) is 11.6 Å². The average Bonchev–Trinajstić information content (AvgIpc) is 2.90. The number of benzene rings is 3. The molecule has 2 N–H and O–H groups in total. The number of hydrogen-bond donors (Lipinski definition) is 1. The van der Waals surface area contributed by atoms with E-state index in [0.29, 0.717) is 40.6 Å². The number of rotatable bonds is 5. The van der Waals surface area contributed by atoms with Gasteiger partial charge in [-0.2, -0.15) is 5.26 Å². The van der Waals surface area contributed by atoms with E-state index < -0.39 is 5.92 Å². The monoisotopic (exact) mass is 557 g/mol. The van der Waals surface area contributed by atoms with Gasteiger partial charge in [-0.25, -0.2) is 4.39 Å². The first kappa shape index (κ1) is 27.1. The number of carbonyl (C=O) groups excluding carboxylic acids is 1. The summed E-state index contributed by atoms with van der Waals surface area (Å²) in [7, 11) is 0. The lowest BCUT2D eigenvalue weighted by Gasteiger charge is -2.40. The van der Waals surface area contributed by atoms with Crippen molar-refractivity contribution in [3.05, 3.63) is 116 Å². The van der Waals surface area contributed by atoms with Crippen LogP contribution >= 0.6 is 23.4 Å². The van der Waals surface area contributed by atoms with E-state index in [0.717, 1.165) is 50.5 Å². The van der Waals surface area contributed by atoms with Crippen LogP contribution in [-0.2, 0) is 10.5 Å². The van der Waals surface area contributed by atoms with Crippen LogP contribution in [0.25, 0.3) is 0 Å². The van der Waals surface area contributed by atoms with Gasteiger partial charge in [0.1, 0.15) is 11.6 Å². The molecule has 1 unspecified atom stereocenters. The average molecular weight is 558 g/mol. The second-order valence-electron chi connectivity index (χ2n) is 10.1. The fraction of sp³-hybridized carbons (Fsp3) is 0.250. The minimum absolute atomic E-state index is 0.0481. The van der Waals surface area contributed by atoms with Crippen LogP contribution in [0.4, 0.5) is 10.1 Å². The first-order valence-electron chi connectivity index (χ1n) is 12.9. The van der Waals surface area contributed by atoms with Gasteiger partial charge in [-0.3, -0.25) is 9.69 Å². The van der Waals surface area contributed by atoms with Crippen LogP contribution < -0.4 is 10.6 Å². The molecule has 1 aliphatic heterocycles. The standard InChI is InChI=1S/C32H29ClFN3OS/c1-18-7-10-23(15-27(18)33)37-28-5-4-6-29(38)31(28)30(26(16-35)32(37)36)25-14-21(19(2)13-20(25)3)17-39-24-11-8-22(34)9-12-24/h7-15,30H,4-6,17,36H2,1-3H3. The molecule has 39 heavy (non-hydrogen) atoms. The number of carbonyl (C=O) groups is 1. The number of hydrogen-bond acceptors (Lipinski definition) is 5. The molecule has 1 atom stereocenters. The molecule has 0 saturated carbocycles. The Hall–Kier alpha value is -3.53. The molecule has 0 aromatic heterocycles. The number of allylic oxidation sites excluding steroid dienone is 3. The molecular formula is C32H29ClFN3OS. The second kappa shape index (κ2) is 10.9. The van der Waals surface area contributed by atoms with Gasteiger partial charge in [0.2, 0.25) is 0 Å². The SMILES string of the molecule is Cc1ccc(N2C(N)=C(C#N)C(c3cc(CSc4ccc(F)cc4)c(C)cc3C)C3=C2CCCC3=O)cc1Cl. The highest BCUT2D eigenvalue weighted by molar-refractivity contribution is 7.98. The number of thioether (sulfide) groups is 1. The van der Waals surface area contributed by atoms with Crippen molar-refractivity contribution in [2.75, 3.05) is 4.90 Å². The van der Waals surface area contributed by atoms with E-state index in [1.807, 2.05) is 36.9 Å². The largest absolute Gasteiger partial charge is 0.384 e. The number of anilines is 1. The maximum absolute atomic E-state index is 13.6. The highest BCUT2D eigenvalue weighted by Gasteiger charge is 2.41. The van der Waals surface area contributed by atoms with Crippen molar-refractivity contribution in [3.63, 3.8) is 0 Å². The van der Waals surface area contributed by atoms with E-state index in [9.17, 15) is 14.4 Å². The van der Waals surface area contributed by atoms with Crippen LogP contribution in [-0.4, -0.2) is 5.78 Å². The Morgan fingerprint density at radius 3 is 2.49 bits per heavy atom. The lowest BCUT2D eigenvalue weighted by atomic mass is 9.74. The summed E-state index contributed by atoms with van der Waals surface area (Å²) in [6, 6.07) is 18.7. The van der Waals surface area contributed by atoms with Gasteiger partial charge in [0.25, 0.3) is 0 Å². The molecule has 3 aromatic rings. The molecule has 0 radical (unpaired) electrons. The normalized spacial score (nSPS) is 17.4. The minimum atomic E-state index is -0.537. The minimum Gasteiger partial charge on any atom is -0.384 e. The topological polar surface area (TPSA) is 70.1 Å². The smallest absolute Gasteiger partial charge is 0.161 e. The summed E-state index contributed by atoms with van der Waals surface area (Å²) in [4.78, 5) is 16.4. The fourth-order valence-corrected chi connectivity index (χ4v) is 6.62. The molecule has 1 aliphatic carbocycles. The van der Waals surface area contributed by atoms with E-state index in [2.05, 4.69) is 25.1 Å². The van der Waals surface area contributed by atoms with Crippen LogP contribution in [0.15, 0.2) is 82.2 Å². The first-order valence-corrected chi connectivity index (χ1v) is 14.3. The molecule has 1 heterocycles.